The number of hydrogen-bond acceptors (Lipinski definition) is 2. The summed E-state index contributed by atoms with van der Waals surface area (Å²) in [4.78, 5) is 4.05. The van der Waals surface area contributed by atoms with E-state index in [9.17, 15) is 0 Å². The summed E-state index contributed by atoms with van der Waals surface area (Å²) < 4.78 is 1.73. The largest absolute Gasteiger partial charge is 0.317 e. The van der Waals surface area contributed by atoms with Gasteiger partial charge in [0.05, 0.1) is 23.8 Å². The van der Waals surface area contributed by atoms with Crippen LogP contribution in [-0.2, 0) is 6.54 Å². The fraction of sp³-hybridized carbons (Fsp3) is 0.273. The third-order valence-corrected chi connectivity index (χ3v) is 1.54. The SMILES string of the molecule is C=Cc1ncn(CC#N)c1C=C.CC. The van der Waals surface area contributed by atoms with Gasteiger partial charge < -0.3 is 4.57 Å². The quantitative estimate of drug-likeness (QED) is 0.733. The van der Waals surface area contributed by atoms with Gasteiger partial charge in [-0.25, -0.2) is 4.98 Å². The highest BCUT2D eigenvalue weighted by atomic mass is 15.0. The lowest BCUT2D eigenvalue weighted by molar-refractivity contribution is 0.822. The first kappa shape index (κ1) is 12.2. The standard InChI is InChI=1S/C9H9N3.C2H6/c1-3-8-9(4-2)12(6-5-10)7-11-8;1-2/h3-4,7H,1-2,6H2;1-2H3. The summed E-state index contributed by atoms with van der Waals surface area (Å²) >= 11 is 0. The van der Waals surface area contributed by atoms with Gasteiger partial charge in [0.25, 0.3) is 0 Å². The minimum atomic E-state index is 0.294. The number of aromatic nitrogens is 2. The number of hydrogen-bond donors (Lipinski definition) is 0. The van der Waals surface area contributed by atoms with Crippen LogP contribution in [-0.4, -0.2) is 9.55 Å². The minimum Gasteiger partial charge on any atom is -0.317 e. The van der Waals surface area contributed by atoms with Crippen LogP contribution < -0.4 is 0 Å². The Hall–Kier alpha value is -1.82. The zero-order valence-corrected chi connectivity index (χ0v) is 8.70. The smallest absolute Gasteiger partial charge is 0.111 e. The maximum atomic E-state index is 8.46. The molecular weight excluding hydrogens is 174 g/mol. The van der Waals surface area contributed by atoms with Crippen molar-refractivity contribution in [3.8, 4) is 6.07 Å². The van der Waals surface area contributed by atoms with Crippen LogP contribution in [0.3, 0.4) is 0 Å². The first-order valence-electron chi connectivity index (χ1n) is 4.50. The molecule has 0 radical (unpaired) electrons. The van der Waals surface area contributed by atoms with Crippen LogP contribution in [0.1, 0.15) is 25.2 Å². The predicted octanol–water partition coefficient (Wildman–Crippen LogP) is 2.72. The molecule has 0 aliphatic rings. The molecular formula is C11H15N3. The molecule has 1 aromatic rings. The van der Waals surface area contributed by atoms with Gasteiger partial charge >= 0.3 is 0 Å². The second-order valence-electron chi connectivity index (χ2n) is 2.21. The number of nitrogens with zero attached hydrogens (tertiary/aromatic N) is 3. The van der Waals surface area contributed by atoms with Crippen LogP contribution >= 0.6 is 0 Å². The van der Waals surface area contributed by atoms with E-state index in [0.717, 1.165) is 11.4 Å². The van der Waals surface area contributed by atoms with Crippen molar-refractivity contribution >= 4 is 12.2 Å². The first-order chi connectivity index (χ1) is 6.83. The second-order valence-corrected chi connectivity index (χ2v) is 2.21. The van der Waals surface area contributed by atoms with Gasteiger partial charge in [-0.1, -0.05) is 27.0 Å². The van der Waals surface area contributed by atoms with Crippen LogP contribution in [0, 0.1) is 11.3 Å². The lowest BCUT2D eigenvalue weighted by Crippen LogP contribution is -1.95. The monoisotopic (exact) mass is 189 g/mol. The van der Waals surface area contributed by atoms with E-state index >= 15 is 0 Å². The molecule has 1 rings (SSSR count). The summed E-state index contributed by atoms with van der Waals surface area (Å²) in [7, 11) is 0. The van der Waals surface area contributed by atoms with E-state index < -0.39 is 0 Å². The average Bonchev–Trinajstić information content (AvgIpc) is 2.63. The highest BCUT2D eigenvalue weighted by Gasteiger charge is 2.02. The lowest BCUT2D eigenvalue weighted by Gasteiger charge is -1.97. The molecule has 3 nitrogen and oxygen atoms in total. The molecule has 0 N–H and O–H groups in total. The maximum Gasteiger partial charge on any atom is 0.111 e. The van der Waals surface area contributed by atoms with Crippen LogP contribution in [0.5, 0.6) is 0 Å². The molecule has 0 spiro atoms. The lowest BCUT2D eigenvalue weighted by atomic mass is 10.3. The Balaban J connectivity index is 0.000000791. The molecule has 0 saturated carbocycles. The molecule has 0 saturated heterocycles. The van der Waals surface area contributed by atoms with E-state index in [0.29, 0.717) is 6.54 Å². The second kappa shape index (κ2) is 6.67. The molecule has 74 valence electrons. The highest BCUT2D eigenvalue weighted by molar-refractivity contribution is 5.57. The molecule has 0 aromatic carbocycles. The minimum absolute atomic E-state index is 0.294. The van der Waals surface area contributed by atoms with Crippen LogP contribution in [0.2, 0.25) is 0 Å². The average molecular weight is 189 g/mol. The van der Waals surface area contributed by atoms with Crippen molar-refractivity contribution in [2.24, 2.45) is 0 Å². The van der Waals surface area contributed by atoms with Crippen molar-refractivity contribution in [2.75, 3.05) is 0 Å². The van der Waals surface area contributed by atoms with Gasteiger partial charge in [-0.15, -0.1) is 0 Å². The zero-order chi connectivity index (χ0) is 11.0. The topological polar surface area (TPSA) is 41.6 Å². The highest BCUT2D eigenvalue weighted by Crippen LogP contribution is 2.09. The van der Waals surface area contributed by atoms with Gasteiger partial charge in [0.1, 0.15) is 6.54 Å². The van der Waals surface area contributed by atoms with Gasteiger partial charge in [-0.05, 0) is 12.2 Å². The zero-order valence-electron chi connectivity index (χ0n) is 8.70. The Morgan fingerprint density at radius 2 is 2.14 bits per heavy atom. The first-order valence-corrected chi connectivity index (χ1v) is 4.50. The normalized spacial score (nSPS) is 8.07. The predicted molar refractivity (Wildman–Crippen MR) is 59.4 cm³/mol. The van der Waals surface area contributed by atoms with Crippen LogP contribution in [0.25, 0.3) is 12.2 Å². The van der Waals surface area contributed by atoms with Gasteiger partial charge in [0.2, 0.25) is 0 Å². The maximum absolute atomic E-state index is 8.46. The van der Waals surface area contributed by atoms with Crippen molar-refractivity contribution in [3.63, 3.8) is 0 Å². The van der Waals surface area contributed by atoms with Gasteiger partial charge in [-0.2, -0.15) is 5.26 Å². The number of rotatable bonds is 3. The van der Waals surface area contributed by atoms with E-state index in [2.05, 4.69) is 18.1 Å². The van der Waals surface area contributed by atoms with Crippen LogP contribution in [0.4, 0.5) is 0 Å². The Kier molecular flexibility index (Phi) is 5.80. The fourth-order valence-corrected chi connectivity index (χ4v) is 0.989. The Morgan fingerprint density at radius 1 is 1.50 bits per heavy atom. The Labute approximate surface area is 85.0 Å². The molecule has 0 aliphatic heterocycles. The molecule has 3 heteroatoms. The van der Waals surface area contributed by atoms with Crippen molar-refractivity contribution in [2.45, 2.75) is 20.4 Å². The molecule has 0 unspecified atom stereocenters. The molecule has 0 aliphatic carbocycles. The van der Waals surface area contributed by atoms with E-state index in [-0.39, 0.29) is 0 Å². The van der Waals surface area contributed by atoms with Crippen molar-refractivity contribution < 1.29 is 0 Å². The summed E-state index contributed by atoms with van der Waals surface area (Å²) in [5, 5.41) is 8.46. The molecule has 1 heterocycles. The summed E-state index contributed by atoms with van der Waals surface area (Å²) in [6, 6.07) is 2.04. The van der Waals surface area contributed by atoms with Crippen molar-refractivity contribution in [1.29, 1.82) is 5.26 Å². The van der Waals surface area contributed by atoms with Gasteiger partial charge in [0, 0.05) is 0 Å². The van der Waals surface area contributed by atoms with E-state index in [1.165, 1.54) is 0 Å². The molecule has 14 heavy (non-hydrogen) atoms. The molecule has 0 amide bonds. The van der Waals surface area contributed by atoms with Crippen molar-refractivity contribution in [1.82, 2.24) is 9.55 Å². The summed E-state index contributed by atoms with van der Waals surface area (Å²) in [6.45, 7) is 11.5. The Morgan fingerprint density at radius 3 is 2.57 bits per heavy atom. The summed E-state index contributed by atoms with van der Waals surface area (Å²) in [6.07, 6.45) is 4.92. The summed E-state index contributed by atoms with van der Waals surface area (Å²) in [5.41, 5.74) is 1.60. The Bertz CT molecular complexity index is 342. The molecule has 0 fully saturated rings. The van der Waals surface area contributed by atoms with Gasteiger partial charge in [0.15, 0.2) is 0 Å². The third-order valence-electron chi connectivity index (χ3n) is 1.54. The molecule has 0 atom stereocenters. The van der Waals surface area contributed by atoms with E-state index in [1.807, 2.05) is 19.9 Å². The summed E-state index contributed by atoms with van der Waals surface area (Å²) in [5.74, 6) is 0. The van der Waals surface area contributed by atoms with Crippen LogP contribution in [0.15, 0.2) is 19.5 Å². The molecule has 1 aromatic heterocycles. The third kappa shape index (κ3) is 2.60. The fourth-order valence-electron chi connectivity index (χ4n) is 0.989. The molecule has 0 bridgehead atoms. The van der Waals surface area contributed by atoms with Crippen molar-refractivity contribution in [3.05, 3.63) is 30.9 Å². The number of imidazole rings is 1. The number of nitriles is 1. The van der Waals surface area contributed by atoms with Gasteiger partial charge in [-0.3, -0.25) is 0 Å². The van der Waals surface area contributed by atoms with E-state index in [1.54, 1.807) is 23.0 Å². The van der Waals surface area contributed by atoms with E-state index in [4.69, 9.17) is 5.26 Å².